The van der Waals surface area contributed by atoms with E-state index in [9.17, 15) is 18.8 Å². The Balaban J connectivity index is 2.55. The van der Waals surface area contributed by atoms with Crippen LogP contribution in [0.2, 0.25) is 0 Å². The fourth-order valence-corrected chi connectivity index (χ4v) is 1.86. The van der Waals surface area contributed by atoms with Crippen molar-refractivity contribution in [3.63, 3.8) is 0 Å². The summed E-state index contributed by atoms with van der Waals surface area (Å²) < 4.78 is 23.4. The SMILES string of the molecule is COc1ccc(C(=O)OCC(=O)N(C)CC(=O)NC(C)(C)C)c(F)c1. The molecule has 1 aromatic carbocycles. The molecule has 0 unspecified atom stereocenters. The zero-order chi connectivity index (χ0) is 19.2. The predicted octanol–water partition coefficient (Wildman–Crippen LogP) is 1.36. The number of hydrogen-bond donors (Lipinski definition) is 1. The fourth-order valence-electron chi connectivity index (χ4n) is 1.86. The van der Waals surface area contributed by atoms with Crippen molar-refractivity contribution < 1.29 is 28.2 Å². The van der Waals surface area contributed by atoms with Gasteiger partial charge in [-0.2, -0.15) is 0 Å². The average molecular weight is 354 g/mol. The van der Waals surface area contributed by atoms with E-state index in [0.717, 1.165) is 11.0 Å². The van der Waals surface area contributed by atoms with Crippen LogP contribution in [0.25, 0.3) is 0 Å². The van der Waals surface area contributed by atoms with E-state index < -0.39 is 29.8 Å². The molecule has 1 rings (SSSR count). The highest BCUT2D eigenvalue weighted by atomic mass is 19.1. The van der Waals surface area contributed by atoms with Crippen molar-refractivity contribution in [3.8, 4) is 5.75 Å². The van der Waals surface area contributed by atoms with Crippen LogP contribution in [0, 0.1) is 5.82 Å². The number of carbonyl (C=O) groups excluding carboxylic acids is 3. The Morgan fingerprint density at radius 2 is 1.88 bits per heavy atom. The van der Waals surface area contributed by atoms with Crippen molar-refractivity contribution in [2.75, 3.05) is 27.3 Å². The smallest absolute Gasteiger partial charge is 0.341 e. The molecule has 0 radical (unpaired) electrons. The Morgan fingerprint density at radius 1 is 1.24 bits per heavy atom. The van der Waals surface area contributed by atoms with E-state index in [2.05, 4.69) is 5.32 Å². The van der Waals surface area contributed by atoms with Crippen LogP contribution >= 0.6 is 0 Å². The van der Waals surface area contributed by atoms with Gasteiger partial charge in [-0.15, -0.1) is 0 Å². The van der Waals surface area contributed by atoms with Crippen LogP contribution < -0.4 is 10.1 Å². The van der Waals surface area contributed by atoms with Gasteiger partial charge in [0.25, 0.3) is 5.91 Å². The topological polar surface area (TPSA) is 84.9 Å². The van der Waals surface area contributed by atoms with E-state index in [0.29, 0.717) is 0 Å². The molecule has 1 aromatic rings. The van der Waals surface area contributed by atoms with Gasteiger partial charge in [-0.05, 0) is 32.9 Å². The van der Waals surface area contributed by atoms with Crippen molar-refractivity contribution >= 4 is 17.8 Å². The predicted molar refractivity (Wildman–Crippen MR) is 88.8 cm³/mol. The number of carbonyl (C=O) groups is 3. The summed E-state index contributed by atoms with van der Waals surface area (Å²) in [6, 6.07) is 3.66. The van der Waals surface area contributed by atoms with E-state index in [1.165, 1.54) is 26.3 Å². The molecule has 0 fully saturated rings. The van der Waals surface area contributed by atoms with Crippen molar-refractivity contribution in [2.45, 2.75) is 26.3 Å². The zero-order valence-corrected chi connectivity index (χ0v) is 15.0. The molecule has 7 nitrogen and oxygen atoms in total. The largest absolute Gasteiger partial charge is 0.497 e. The van der Waals surface area contributed by atoms with Gasteiger partial charge in [-0.3, -0.25) is 9.59 Å². The third-order valence-corrected chi connectivity index (χ3v) is 3.04. The van der Waals surface area contributed by atoms with Crippen LogP contribution in [-0.4, -0.2) is 55.5 Å². The van der Waals surface area contributed by atoms with Crippen LogP contribution in [0.1, 0.15) is 31.1 Å². The summed E-state index contributed by atoms with van der Waals surface area (Å²) in [6.45, 7) is 4.68. The first-order chi connectivity index (χ1) is 11.5. The zero-order valence-electron chi connectivity index (χ0n) is 15.0. The Labute approximate surface area is 146 Å². The molecular weight excluding hydrogens is 331 g/mol. The summed E-state index contributed by atoms with van der Waals surface area (Å²) in [5.74, 6) is -2.44. The molecule has 0 spiro atoms. The normalized spacial score (nSPS) is 10.8. The molecule has 138 valence electrons. The number of benzene rings is 1. The second-order valence-electron chi connectivity index (χ2n) is 6.47. The molecule has 2 amide bonds. The molecule has 1 N–H and O–H groups in total. The Kier molecular flexibility index (Phi) is 6.90. The number of methoxy groups -OCH3 is 1. The van der Waals surface area contributed by atoms with Crippen LogP contribution in [0.3, 0.4) is 0 Å². The van der Waals surface area contributed by atoms with Crippen LogP contribution in [0.5, 0.6) is 5.75 Å². The second kappa shape index (κ2) is 8.46. The van der Waals surface area contributed by atoms with E-state index in [1.54, 1.807) is 0 Å². The van der Waals surface area contributed by atoms with Gasteiger partial charge in [0.05, 0.1) is 19.2 Å². The molecule has 0 bridgehead atoms. The molecule has 0 heterocycles. The molecule has 0 aliphatic heterocycles. The van der Waals surface area contributed by atoms with Gasteiger partial charge in [-0.25, -0.2) is 9.18 Å². The number of ether oxygens (including phenoxy) is 2. The fraction of sp³-hybridized carbons (Fsp3) is 0.471. The van der Waals surface area contributed by atoms with Gasteiger partial charge in [0.1, 0.15) is 11.6 Å². The maximum absolute atomic E-state index is 13.8. The first kappa shape index (κ1) is 20.4. The van der Waals surface area contributed by atoms with Gasteiger partial charge in [0, 0.05) is 18.7 Å². The highest BCUT2D eigenvalue weighted by molar-refractivity contribution is 5.92. The van der Waals surface area contributed by atoms with Crippen molar-refractivity contribution in [2.24, 2.45) is 0 Å². The van der Waals surface area contributed by atoms with Gasteiger partial charge in [0.15, 0.2) is 6.61 Å². The van der Waals surface area contributed by atoms with E-state index >= 15 is 0 Å². The highest BCUT2D eigenvalue weighted by Gasteiger charge is 2.20. The van der Waals surface area contributed by atoms with Crippen LogP contribution in [0.15, 0.2) is 18.2 Å². The highest BCUT2D eigenvalue weighted by Crippen LogP contribution is 2.17. The Bertz CT molecular complexity index is 655. The molecule has 0 aliphatic carbocycles. The minimum atomic E-state index is -0.971. The number of nitrogens with one attached hydrogen (secondary N) is 1. The van der Waals surface area contributed by atoms with Crippen LogP contribution in [0.4, 0.5) is 4.39 Å². The third-order valence-electron chi connectivity index (χ3n) is 3.04. The first-order valence-corrected chi connectivity index (χ1v) is 7.59. The molecule has 0 saturated carbocycles. The summed E-state index contributed by atoms with van der Waals surface area (Å²) in [5.41, 5.74) is -0.721. The minimum Gasteiger partial charge on any atom is -0.497 e. The van der Waals surface area contributed by atoms with Crippen molar-refractivity contribution in [3.05, 3.63) is 29.6 Å². The van der Waals surface area contributed by atoms with Crippen molar-refractivity contribution in [1.82, 2.24) is 10.2 Å². The molecular formula is C17H23FN2O5. The van der Waals surface area contributed by atoms with Gasteiger partial charge in [0.2, 0.25) is 5.91 Å². The van der Waals surface area contributed by atoms with E-state index in [4.69, 9.17) is 9.47 Å². The summed E-state index contributed by atoms with van der Waals surface area (Å²) in [7, 11) is 2.78. The second-order valence-corrected chi connectivity index (χ2v) is 6.47. The molecule has 0 aromatic heterocycles. The third kappa shape index (κ3) is 6.78. The molecule has 0 atom stereocenters. The summed E-state index contributed by atoms with van der Waals surface area (Å²) >= 11 is 0. The maximum atomic E-state index is 13.8. The molecule has 8 heteroatoms. The maximum Gasteiger partial charge on any atom is 0.341 e. The number of esters is 1. The summed E-state index contributed by atoms with van der Waals surface area (Å²) in [6.07, 6.45) is 0. The van der Waals surface area contributed by atoms with E-state index in [1.807, 2.05) is 20.8 Å². The molecule has 0 aliphatic rings. The van der Waals surface area contributed by atoms with Gasteiger partial charge in [-0.1, -0.05) is 0 Å². The lowest BCUT2D eigenvalue weighted by atomic mass is 10.1. The Hall–Kier alpha value is -2.64. The number of likely N-dealkylation sites (N-methyl/N-ethyl adjacent to an activating group) is 1. The van der Waals surface area contributed by atoms with Crippen LogP contribution in [-0.2, 0) is 14.3 Å². The lowest BCUT2D eigenvalue weighted by molar-refractivity contribution is -0.137. The quantitative estimate of drug-likeness (QED) is 0.780. The number of hydrogen-bond acceptors (Lipinski definition) is 5. The number of nitrogens with zero attached hydrogens (tertiary/aromatic N) is 1. The Morgan fingerprint density at radius 3 is 2.40 bits per heavy atom. The summed E-state index contributed by atoms with van der Waals surface area (Å²) in [4.78, 5) is 36.7. The lowest BCUT2D eigenvalue weighted by Gasteiger charge is -2.23. The van der Waals surface area contributed by atoms with Crippen molar-refractivity contribution in [1.29, 1.82) is 0 Å². The molecule has 0 saturated heterocycles. The van der Waals surface area contributed by atoms with Gasteiger partial charge >= 0.3 is 5.97 Å². The first-order valence-electron chi connectivity index (χ1n) is 7.59. The molecule has 25 heavy (non-hydrogen) atoms. The lowest BCUT2D eigenvalue weighted by Crippen LogP contribution is -2.46. The summed E-state index contributed by atoms with van der Waals surface area (Å²) in [5, 5.41) is 2.71. The van der Waals surface area contributed by atoms with Gasteiger partial charge < -0.3 is 19.7 Å². The monoisotopic (exact) mass is 354 g/mol. The van der Waals surface area contributed by atoms with E-state index in [-0.39, 0.29) is 23.8 Å². The number of rotatable bonds is 6. The standard InChI is InChI=1S/C17H23FN2O5/c1-17(2,3)19-14(21)9-20(4)15(22)10-25-16(23)12-7-6-11(24-5)8-13(12)18/h6-8H,9-10H2,1-5H3,(H,19,21). The average Bonchev–Trinajstić information content (AvgIpc) is 2.49. The number of amides is 2. The number of halogens is 1. The minimum absolute atomic E-state index is 0.176.